The van der Waals surface area contributed by atoms with Crippen molar-refractivity contribution in [1.82, 2.24) is 4.98 Å². The SMILES string of the molecule is Cc1cc(C2CCCC(O)C2)ccn1. The van der Waals surface area contributed by atoms with E-state index in [2.05, 4.69) is 17.1 Å². The molecule has 0 aliphatic heterocycles. The molecule has 1 saturated carbocycles. The molecule has 1 aromatic heterocycles. The normalized spacial score (nSPS) is 27.6. The summed E-state index contributed by atoms with van der Waals surface area (Å²) in [7, 11) is 0. The molecule has 14 heavy (non-hydrogen) atoms. The molecule has 1 aliphatic rings. The third kappa shape index (κ3) is 2.13. The molecule has 2 atom stereocenters. The van der Waals surface area contributed by atoms with Crippen LogP contribution in [-0.2, 0) is 0 Å². The van der Waals surface area contributed by atoms with Gasteiger partial charge in [-0.3, -0.25) is 4.98 Å². The van der Waals surface area contributed by atoms with Gasteiger partial charge in [-0.25, -0.2) is 0 Å². The first kappa shape index (κ1) is 9.66. The summed E-state index contributed by atoms with van der Waals surface area (Å²) in [4.78, 5) is 4.19. The minimum atomic E-state index is -0.0952. The van der Waals surface area contributed by atoms with Crippen LogP contribution in [0.4, 0.5) is 0 Å². The van der Waals surface area contributed by atoms with E-state index in [0.717, 1.165) is 25.0 Å². The Morgan fingerprint density at radius 3 is 3.00 bits per heavy atom. The maximum atomic E-state index is 9.59. The predicted octanol–water partition coefficient (Wildman–Crippen LogP) is 2.41. The highest BCUT2D eigenvalue weighted by molar-refractivity contribution is 5.20. The molecular weight excluding hydrogens is 174 g/mol. The summed E-state index contributed by atoms with van der Waals surface area (Å²) >= 11 is 0. The van der Waals surface area contributed by atoms with E-state index in [1.54, 1.807) is 0 Å². The van der Waals surface area contributed by atoms with Crippen molar-refractivity contribution in [3.05, 3.63) is 29.6 Å². The molecule has 1 fully saturated rings. The number of pyridine rings is 1. The highest BCUT2D eigenvalue weighted by Gasteiger charge is 2.21. The molecule has 76 valence electrons. The maximum absolute atomic E-state index is 9.59. The lowest BCUT2D eigenvalue weighted by molar-refractivity contribution is 0.119. The van der Waals surface area contributed by atoms with Crippen molar-refractivity contribution < 1.29 is 5.11 Å². The number of hydrogen-bond donors (Lipinski definition) is 1. The fraction of sp³-hybridized carbons (Fsp3) is 0.583. The molecule has 1 N–H and O–H groups in total. The van der Waals surface area contributed by atoms with E-state index < -0.39 is 0 Å². The third-order valence-corrected chi connectivity index (χ3v) is 3.04. The lowest BCUT2D eigenvalue weighted by Crippen LogP contribution is -2.18. The van der Waals surface area contributed by atoms with E-state index >= 15 is 0 Å². The largest absolute Gasteiger partial charge is 0.393 e. The minimum absolute atomic E-state index is 0.0952. The second-order valence-electron chi connectivity index (χ2n) is 4.25. The predicted molar refractivity (Wildman–Crippen MR) is 56.2 cm³/mol. The lowest BCUT2D eigenvalue weighted by Gasteiger charge is -2.26. The Hall–Kier alpha value is -0.890. The molecule has 0 radical (unpaired) electrons. The number of aromatic nitrogens is 1. The second kappa shape index (κ2) is 4.09. The van der Waals surface area contributed by atoms with Gasteiger partial charge in [0.25, 0.3) is 0 Å². The molecule has 1 heterocycles. The highest BCUT2D eigenvalue weighted by atomic mass is 16.3. The van der Waals surface area contributed by atoms with Crippen LogP contribution in [0.15, 0.2) is 18.3 Å². The van der Waals surface area contributed by atoms with E-state index in [0.29, 0.717) is 5.92 Å². The van der Waals surface area contributed by atoms with E-state index in [1.807, 2.05) is 13.1 Å². The fourth-order valence-electron chi connectivity index (χ4n) is 2.29. The summed E-state index contributed by atoms with van der Waals surface area (Å²) in [5, 5.41) is 9.59. The molecule has 0 amide bonds. The zero-order valence-electron chi connectivity index (χ0n) is 8.61. The van der Waals surface area contributed by atoms with E-state index in [9.17, 15) is 5.11 Å². The van der Waals surface area contributed by atoms with Crippen LogP contribution >= 0.6 is 0 Å². The smallest absolute Gasteiger partial charge is 0.0546 e. The van der Waals surface area contributed by atoms with Crippen molar-refractivity contribution in [2.45, 2.75) is 44.6 Å². The summed E-state index contributed by atoms with van der Waals surface area (Å²) in [5.74, 6) is 0.542. The number of nitrogens with zero attached hydrogens (tertiary/aromatic N) is 1. The first-order valence-electron chi connectivity index (χ1n) is 5.36. The second-order valence-corrected chi connectivity index (χ2v) is 4.25. The Kier molecular flexibility index (Phi) is 2.82. The van der Waals surface area contributed by atoms with Crippen LogP contribution in [0.5, 0.6) is 0 Å². The first-order chi connectivity index (χ1) is 6.75. The topological polar surface area (TPSA) is 33.1 Å². The van der Waals surface area contributed by atoms with Crippen molar-refractivity contribution in [3.63, 3.8) is 0 Å². The van der Waals surface area contributed by atoms with E-state index in [4.69, 9.17) is 0 Å². The van der Waals surface area contributed by atoms with Gasteiger partial charge in [-0.15, -0.1) is 0 Å². The molecule has 0 saturated heterocycles. The van der Waals surface area contributed by atoms with Crippen LogP contribution in [0.2, 0.25) is 0 Å². The molecule has 2 heteroatoms. The van der Waals surface area contributed by atoms with Crippen LogP contribution in [0, 0.1) is 6.92 Å². The van der Waals surface area contributed by atoms with Crippen molar-refractivity contribution in [2.75, 3.05) is 0 Å². The Labute approximate surface area is 85.0 Å². The standard InChI is InChI=1S/C12H17NO/c1-9-7-11(5-6-13-9)10-3-2-4-12(14)8-10/h5-7,10,12,14H,2-4,8H2,1H3. The number of rotatable bonds is 1. The van der Waals surface area contributed by atoms with Crippen molar-refractivity contribution in [3.8, 4) is 0 Å². The van der Waals surface area contributed by atoms with Gasteiger partial charge in [-0.05, 0) is 49.8 Å². The van der Waals surface area contributed by atoms with Gasteiger partial charge in [-0.2, -0.15) is 0 Å². The maximum Gasteiger partial charge on any atom is 0.0546 e. The molecule has 0 aromatic carbocycles. The fourth-order valence-corrected chi connectivity index (χ4v) is 2.29. The van der Waals surface area contributed by atoms with Crippen molar-refractivity contribution in [1.29, 1.82) is 0 Å². The quantitative estimate of drug-likeness (QED) is 0.739. The Morgan fingerprint density at radius 1 is 1.43 bits per heavy atom. The lowest BCUT2D eigenvalue weighted by atomic mass is 9.83. The number of aryl methyl sites for hydroxylation is 1. The van der Waals surface area contributed by atoms with Crippen LogP contribution in [0.1, 0.15) is 42.9 Å². The van der Waals surface area contributed by atoms with E-state index in [1.165, 1.54) is 12.0 Å². The number of aliphatic hydroxyl groups is 1. The summed E-state index contributed by atoms with van der Waals surface area (Å²) in [5.41, 5.74) is 2.42. The molecule has 0 spiro atoms. The molecule has 2 unspecified atom stereocenters. The average Bonchev–Trinajstić information content (AvgIpc) is 2.18. The first-order valence-corrected chi connectivity index (χ1v) is 5.36. The Balaban J connectivity index is 2.14. The number of aliphatic hydroxyl groups excluding tert-OH is 1. The molecular formula is C12H17NO. The molecule has 0 bridgehead atoms. The van der Waals surface area contributed by atoms with Crippen LogP contribution < -0.4 is 0 Å². The monoisotopic (exact) mass is 191 g/mol. The van der Waals surface area contributed by atoms with Crippen LogP contribution in [0.3, 0.4) is 0 Å². The van der Waals surface area contributed by atoms with Gasteiger partial charge in [0.2, 0.25) is 0 Å². The van der Waals surface area contributed by atoms with Gasteiger partial charge in [0, 0.05) is 11.9 Å². The van der Waals surface area contributed by atoms with Gasteiger partial charge in [0.1, 0.15) is 0 Å². The summed E-state index contributed by atoms with van der Waals surface area (Å²) in [6, 6.07) is 4.22. The van der Waals surface area contributed by atoms with Gasteiger partial charge in [-0.1, -0.05) is 6.42 Å². The van der Waals surface area contributed by atoms with Gasteiger partial charge in [0.05, 0.1) is 6.10 Å². The minimum Gasteiger partial charge on any atom is -0.393 e. The molecule has 2 rings (SSSR count). The molecule has 1 aliphatic carbocycles. The van der Waals surface area contributed by atoms with Crippen LogP contribution in [-0.4, -0.2) is 16.2 Å². The zero-order chi connectivity index (χ0) is 9.97. The third-order valence-electron chi connectivity index (χ3n) is 3.04. The molecule has 1 aromatic rings. The Bertz CT molecular complexity index is 311. The average molecular weight is 191 g/mol. The van der Waals surface area contributed by atoms with Gasteiger partial charge >= 0.3 is 0 Å². The van der Waals surface area contributed by atoms with Crippen molar-refractivity contribution in [2.24, 2.45) is 0 Å². The van der Waals surface area contributed by atoms with Crippen LogP contribution in [0.25, 0.3) is 0 Å². The Morgan fingerprint density at radius 2 is 2.29 bits per heavy atom. The summed E-state index contributed by atoms with van der Waals surface area (Å²) in [6.07, 6.45) is 6.02. The van der Waals surface area contributed by atoms with Crippen molar-refractivity contribution >= 4 is 0 Å². The van der Waals surface area contributed by atoms with E-state index in [-0.39, 0.29) is 6.10 Å². The highest BCUT2D eigenvalue weighted by Crippen LogP contribution is 2.32. The zero-order valence-corrected chi connectivity index (χ0v) is 8.61. The molecule has 2 nitrogen and oxygen atoms in total. The van der Waals surface area contributed by atoms with Gasteiger partial charge < -0.3 is 5.11 Å². The summed E-state index contributed by atoms with van der Waals surface area (Å²) < 4.78 is 0. The summed E-state index contributed by atoms with van der Waals surface area (Å²) in [6.45, 7) is 2.02. The number of hydrogen-bond acceptors (Lipinski definition) is 2. The van der Waals surface area contributed by atoms with Gasteiger partial charge in [0.15, 0.2) is 0 Å².